The minimum atomic E-state index is 0.162. The molecule has 32 heavy (non-hydrogen) atoms. The molecular weight excluding hydrogens is 422 g/mol. The van der Waals surface area contributed by atoms with Gasteiger partial charge in [0.15, 0.2) is 11.0 Å². The van der Waals surface area contributed by atoms with E-state index in [1.165, 1.54) is 31.0 Å². The standard InChI is InChI=1S/C24H31N5O2S/c1-28(17-8-3-2-4-9-17)22(30)16-32-24-27-26-23(29(24)15-18-10-7-13-31-18)20-14-25-21-12-6-5-11-19(20)21/h5-6,11-12,14,17-18,25H,2-4,7-10,13,15-16H2,1H3/t18-/m0/s1. The van der Waals surface area contributed by atoms with E-state index in [9.17, 15) is 4.79 Å². The maximum absolute atomic E-state index is 12.9. The Balaban J connectivity index is 1.37. The monoisotopic (exact) mass is 453 g/mol. The topological polar surface area (TPSA) is 76.0 Å². The summed E-state index contributed by atoms with van der Waals surface area (Å²) in [5.41, 5.74) is 2.11. The van der Waals surface area contributed by atoms with E-state index < -0.39 is 0 Å². The van der Waals surface area contributed by atoms with Crippen molar-refractivity contribution >= 4 is 28.6 Å². The summed E-state index contributed by atoms with van der Waals surface area (Å²) in [4.78, 5) is 18.2. The van der Waals surface area contributed by atoms with Gasteiger partial charge >= 0.3 is 0 Å². The second-order valence-electron chi connectivity index (χ2n) is 8.88. The summed E-state index contributed by atoms with van der Waals surface area (Å²) in [6.45, 7) is 1.51. The SMILES string of the molecule is CN(C(=O)CSc1nnc(-c2c[nH]c3ccccc23)n1C[C@@H]1CCCO1)C1CCCCC1. The van der Waals surface area contributed by atoms with E-state index in [4.69, 9.17) is 4.74 Å². The van der Waals surface area contributed by atoms with E-state index in [2.05, 4.69) is 31.9 Å². The third kappa shape index (κ3) is 4.43. The second-order valence-corrected chi connectivity index (χ2v) is 9.83. The van der Waals surface area contributed by atoms with Gasteiger partial charge in [0.1, 0.15) is 0 Å². The van der Waals surface area contributed by atoms with Crippen LogP contribution in [0.4, 0.5) is 0 Å². The minimum absolute atomic E-state index is 0.162. The average Bonchev–Trinajstić information content (AvgIpc) is 3.58. The number of amides is 1. The smallest absolute Gasteiger partial charge is 0.233 e. The van der Waals surface area contributed by atoms with Crippen LogP contribution < -0.4 is 0 Å². The van der Waals surface area contributed by atoms with Gasteiger partial charge in [-0.2, -0.15) is 0 Å². The fourth-order valence-electron chi connectivity index (χ4n) is 4.91. The third-order valence-corrected chi connectivity index (χ3v) is 7.75. The molecule has 1 saturated heterocycles. The Bertz CT molecular complexity index is 1070. The molecule has 1 aliphatic heterocycles. The van der Waals surface area contributed by atoms with Crippen molar-refractivity contribution in [3.8, 4) is 11.4 Å². The van der Waals surface area contributed by atoms with Gasteiger partial charge in [0, 0.05) is 42.4 Å². The molecule has 0 radical (unpaired) electrons. The van der Waals surface area contributed by atoms with Gasteiger partial charge in [-0.25, -0.2) is 0 Å². The van der Waals surface area contributed by atoms with Crippen molar-refractivity contribution in [2.75, 3.05) is 19.4 Å². The highest BCUT2D eigenvalue weighted by molar-refractivity contribution is 7.99. The molecule has 2 aromatic heterocycles. The fraction of sp³-hybridized carbons (Fsp3) is 0.542. The number of thioether (sulfide) groups is 1. The van der Waals surface area contributed by atoms with Gasteiger partial charge in [0.25, 0.3) is 0 Å². The highest BCUT2D eigenvalue weighted by Gasteiger charge is 2.25. The number of benzene rings is 1. The van der Waals surface area contributed by atoms with Crippen LogP contribution in [-0.4, -0.2) is 62.1 Å². The van der Waals surface area contributed by atoms with Crippen LogP contribution in [0.3, 0.4) is 0 Å². The summed E-state index contributed by atoms with van der Waals surface area (Å²) in [5.74, 6) is 1.38. The Morgan fingerprint density at radius 2 is 2.03 bits per heavy atom. The zero-order valence-corrected chi connectivity index (χ0v) is 19.4. The summed E-state index contributed by atoms with van der Waals surface area (Å²) >= 11 is 1.49. The average molecular weight is 454 g/mol. The van der Waals surface area contributed by atoms with E-state index in [1.54, 1.807) is 0 Å². The zero-order chi connectivity index (χ0) is 21.9. The lowest BCUT2D eigenvalue weighted by molar-refractivity contribution is -0.129. The van der Waals surface area contributed by atoms with Crippen molar-refractivity contribution in [3.05, 3.63) is 30.5 Å². The Kier molecular flexibility index (Phi) is 6.50. The molecule has 3 heterocycles. The molecule has 170 valence electrons. The molecule has 8 heteroatoms. The molecule has 1 saturated carbocycles. The summed E-state index contributed by atoms with van der Waals surface area (Å²) in [6.07, 6.45) is 10.3. The minimum Gasteiger partial charge on any atom is -0.376 e. The molecule has 5 rings (SSSR count). The van der Waals surface area contributed by atoms with E-state index in [0.717, 1.165) is 59.7 Å². The predicted molar refractivity (Wildman–Crippen MR) is 127 cm³/mol. The van der Waals surface area contributed by atoms with Crippen LogP contribution in [0.1, 0.15) is 44.9 Å². The van der Waals surface area contributed by atoms with Gasteiger partial charge in [0.05, 0.1) is 18.4 Å². The number of H-pyrrole nitrogens is 1. The molecule has 2 fully saturated rings. The van der Waals surface area contributed by atoms with Gasteiger partial charge < -0.3 is 14.6 Å². The quantitative estimate of drug-likeness (QED) is 0.534. The van der Waals surface area contributed by atoms with Crippen molar-refractivity contribution < 1.29 is 9.53 Å². The van der Waals surface area contributed by atoms with Crippen molar-refractivity contribution in [2.24, 2.45) is 0 Å². The van der Waals surface area contributed by atoms with Gasteiger partial charge in [0.2, 0.25) is 5.91 Å². The summed E-state index contributed by atoms with van der Waals surface area (Å²) in [6, 6.07) is 8.60. The molecule has 7 nitrogen and oxygen atoms in total. The van der Waals surface area contributed by atoms with Gasteiger partial charge in [-0.3, -0.25) is 9.36 Å². The number of nitrogens with zero attached hydrogens (tertiary/aromatic N) is 4. The third-order valence-electron chi connectivity index (χ3n) is 6.80. The molecule has 1 amide bonds. The molecule has 0 unspecified atom stereocenters. The first-order valence-electron chi connectivity index (χ1n) is 11.7. The number of aromatic nitrogens is 4. The first-order valence-corrected chi connectivity index (χ1v) is 12.7. The molecule has 1 aromatic carbocycles. The first kappa shape index (κ1) is 21.5. The van der Waals surface area contributed by atoms with E-state index in [-0.39, 0.29) is 12.0 Å². The first-order chi connectivity index (χ1) is 15.7. The largest absolute Gasteiger partial charge is 0.376 e. The molecule has 2 aliphatic rings. The van der Waals surface area contributed by atoms with Crippen LogP contribution in [-0.2, 0) is 16.1 Å². The van der Waals surface area contributed by atoms with Crippen molar-refractivity contribution in [1.82, 2.24) is 24.6 Å². The lowest BCUT2D eigenvalue weighted by Crippen LogP contribution is -2.39. The van der Waals surface area contributed by atoms with E-state index in [0.29, 0.717) is 18.3 Å². The highest BCUT2D eigenvalue weighted by Crippen LogP contribution is 2.31. The number of hydrogen-bond donors (Lipinski definition) is 1. The van der Waals surface area contributed by atoms with Crippen molar-refractivity contribution in [3.63, 3.8) is 0 Å². The van der Waals surface area contributed by atoms with E-state index >= 15 is 0 Å². The molecule has 1 atom stereocenters. The number of hydrogen-bond acceptors (Lipinski definition) is 5. The molecule has 0 bridgehead atoms. The number of rotatable bonds is 7. The normalized spacial score (nSPS) is 19.6. The van der Waals surface area contributed by atoms with Crippen LogP contribution in [0, 0.1) is 0 Å². The van der Waals surface area contributed by atoms with Crippen LogP contribution in [0.5, 0.6) is 0 Å². The Labute approximate surface area is 192 Å². The zero-order valence-electron chi connectivity index (χ0n) is 18.6. The van der Waals surface area contributed by atoms with Crippen LogP contribution >= 0.6 is 11.8 Å². The number of nitrogens with one attached hydrogen (secondary N) is 1. The second kappa shape index (κ2) is 9.67. The van der Waals surface area contributed by atoms with Gasteiger partial charge in [-0.1, -0.05) is 49.2 Å². The summed E-state index contributed by atoms with van der Waals surface area (Å²) < 4.78 is 8.06. The molecule has 1 N–H and O–H groups in total. The number of aromatic amines is 1. The Morgan fingerprint density at radius 3 is 2.84 bits per heavy atom. The lowest BCUT2D eigenvalue weighted by Gasteiger charge is -2.31. The van der Waals surface area contributed by atoms with Crippen LogP contribution in [0.15, 0.2) is 35.6 Å². The molecular formula is C24H31N5O2S. The maximum Gasteiger partial charge on any atom is 0.233 e. The lowest BCUT2D eigenvalue weighted by atomic mass is 9.94. The number of ether oxygens (including phenoxy) is 1. The van der Waals surface area contributed by atoms with Gasteiger partial charge in [-0.15, -0.1) is 10.2 Å². The molecule has 0 spiro atoms. The van der Waals surface area contributed by atoms with Gasteiger partial charge in [-0.05, 0) is 31.7 Å². The molecule has 1 aliphatic carbocycles. The van der Waals surface area contributed by atoms with Crippen LogP contribution in [0.2, 0.25) is 0 Å². The summed E-state index contributed by atoms with van der Waals surface area (Å²) in [5, 5.41) is 11.0. The predicted octanol–water partition coefficient (Wildman–Crippen LogP) is 4.49. The maximum atomic E-state index is 12.9. The Hall–Kier alpha value is -2.32. The number of para-hydroxylation sites is 1. The van der Waals surface area contributed by atoms with Crippen molar-refractivity contribution in [1.29, 1.82) is 0 Å². The van der Waals surface area contributed by atoms with Crippen LogP contribution in [0.25, 0.3) is 22.3 Å². The number of fused-ring (bicyclic) bond motifs is 1. The number of carbonyl (C=O) groups excluding carboxylic acids is 1. The Morgan fingerprint density at radius 1 is 1.19 bits per heavy atom. The van der Waals surface area contributed by atoms with E-state index in [1.807, 2.05) is 30.3 Å². The number of carbonyl (C=O) groups is 1. The fourth-order valence-corrected chi connectivity index (χ4v) is 5.78. The highest BCUT2D eigenvalue weighted by atomic mass is 32.2. The molecule has 3 aromatic rings. The summed E-state index contributed by atoms with van der Waals surface area (Å²) in [7, 11) is 1.95. The van der Waals surface area contributed by atoms with Crippen molar-refractivity contribution in [2.45, 2.75) is 68.8 Å².